The van der Waals surface area contributed by atoms with E-state index in [0.29, 0.717) is 23.4 Å². The van der Waals surface area contributed by atoms with Crippen LogP contribution < -0.4 is 0 Å². The van der Waals surface area contributed by atoms with E-state index in [1.165, 1.54) is 6.42 Å². The van der Waals surface area contributed by atoms with E-state index in [1.54, 1.807) is 0 Å². The molecule has 3 heteroatoms. The number of likely N-dealkylation sites (N-methyl/N-ethyl adjacent to an activating group) is 1. The van der Waals surface area contributed by atoms with Crippen LogP contribution in [0.2, 0.25) is 0 Å². The molecule has 112 valence electrons. The molecule has 0 radical (unpaired) electrons. The van der Waals surface area contributed by atoms with Gasteiger partial charge in [0.05, 0.1) is 18.3 Å². The van der Waals surface area contributed by atoms with Crippen LogP contribution in [0.1, 0.15) is 47.5 Å². The van der Waals surface area contributed by atoms with Gasteiger partial charge in [0.25, 0.3) is 0 Å². The number of hydrogen-bond acceptors (Lipinski definition) is 3. The van der Waals surface area contributed by atoms with Gasteiger partial charge in [-0.15, -0.1) is 0 Å². The van der Waals surface area contributed by atoms with Gasteiger partial charge in [-0.1, -0.05) is 20.8 Å². The molecule has 0 aromatic rings. The third-order valence-corrected chi connectivity index (χ3v) is 5.56. The summed E-state index contributed by atoms with van der Waals surface area (Å²) in [6.07, 6.45) is 2.62. The Balaban J connectivity index is 1.83. The minimum Gasteiger partial charge on any atom is -0.390 e. The average molecular weight is 269 g/mol. The number of hydrogen-bond donors (Lipinski definition) is 1. The number of fused-ring (bicyclic) bond motifs is 1. The van der Waals surface area contributed by atoms with Crippen molar-refractivity contribution < 1.29 is 9.84 Å². The molecule has 0 saturated heterocycles. The van der Waals surface area contributed by atoms with Crippen LogP contribution in [0.4, 0.5) is 0 Å². The van der Waals surface area contributed by atoms with Crippen molar-refractivity contribution in [2.24, 2.45) is 17.3 Å². The maximum absolute atomic E-state index is 10.3. The minimum absolute atomic E-state index is 0.341. The maximum atomic E-state index is 10.3. The molecule has 0 bridgehead atoms. The van der Waals surface area contributed by atoms with Crippen LogP contribution >= 0.6 is 0 Å². The first-order chi connectivity index (χ1) is 8.82. The quantitative estimate of drug-likeness (QED) is 0.771. The molecule has 2 aliphatic carbocycles. The standard InChI is InChI=1S/C16H31NO2/c1-6-17(7-2)8-9-19-14-10-12(15(3,4)18)13-11-16(13,14)5/h12-14,18H,6-11H2,1-5H3/t12-,13+,14+,16+/m1/s1. The molecule has 0 unspecified atom stereocenters. The molecule has 2 fully saturated rings. The Morgan fingerprint density at radius 2 is 1.95 bits per heavy atom. The zero-order valence-electron chi connectivity index (χ0n) is 13.3. The SMILES string of the molecule is CCN(CC)CCO[C@H]1C[C@@H](C(C)(C)O)[C@@H]2C[C@]12C. The summed E-state index contributed by atoms with van der Waals surface area (Å²) in [5, 5.41) is 10.3. The van der Waals surface area contributed by atoms with Gasteiger partial charge in [0.1, 0.15) is 0 Å². The predicted octanol–water partition coefficient (Wildman–Crippen LogP) is 2.53. The lowest BCUT2D eigenvalue weighted by Crippen LogP contribution is -2.33. The number of nitrogens with zero attached hydrogens (tertiary/aromatic N) is 1. The molecule has 0 spiro atoms. The third-order valence-electron chi connectivity index (χ3n) is 5.56. The highest BCUT2D eigenvalue weighted by atomic mass is 16.5. The molecule has 0 aromatic heterocycles. The van der Waals surface area contributed by atoms with E-state index in [0.717, 1.165) is 32.7 Å². The van der Waals surface area contributed by atoms with Gasteiger partial charge in [0.15, 0.2) is 0 Å². The van der Waals surface area contributed by atoms with Gasteiger partial charge >= 0.3 is 0 Å². The summed E-state index contributed by atoms with van der Waals surface area (Å²) in [5.41, 5.74) is -0.215. The number of ether oxygens (including phenoxy) is 1. The normalized spacial score (nSPS) is 37.7. The van der Waals surface area contributed by atoms with Crippen molar-refractivity contribution in [2.75, 3.05) is 26.2 Å². The Labute approximate surface area is 118 Å². The first kappa shape index (κ1) is 15.3. The Bertz CT molecular complexity index is 308. The van der Waals surface area contributed by atoms with E-state index in [2.05, 4.69) is 25.7 Å². The van der Waals surface area contributed by atoms with Gasteiger partial charge in [0.2, 0.25) is 0 Å². The van der Waals surface area contributed by atoms with E-state index < -0.39 is 5.60 Å². The fourth-order valence-electron chi connectivity index (χ4n) is 3.95. The van der Waals surface area contributed by atoms with Crippen molar-refractivity contribution in [2.45, 2.75) is 59.2 Å². The highest BCUT2D eigenvalue weighted by molar-refractivity contribution is 5.15. The maximum Gasteiger partial charge on any atom is 0.0636 e. The summed E-state index contributed by atoms with van der Waals surface area (Å²) in [6.45, 7) is 14.7. The van der Waals surface area contributed by atoms with Crippen LogP contribution in [0.25, 0.3) is 0 Å². The zero-order chi connectivity index (χ0) is 14.3. The molecular formula is C16H31NO2. The molecule has 0 heterocycles. The van der Waals surface area contributed by atoms with Crippen LogP contribution in [0.3, 0.4) is 0 Å². The summed E-state index contributed by atoms with van der Waals surface area (Å²) < 4.78 is 6.17. The van der Waals surface area contributed by atoms with Crippen molar-refractivity contribution in [3.8, 4) is 0 Å². The Hall–Kier alpha value is -0.120. The highest BCUT2D eigenvalue weighted by Gasteiger charge is 2.66. The number of rotatable bonds is 7. The predicted molar refractivity (Wildman–Crippen MR) is 78.1 cm³/mol. The molecule has 2 rings (SSSR count). The van der Waals surface area contributed by atoms with Crippen LogP contribution in [0.5, 0.6) is 0 Å². The van der Waals surface area contributed by atoms with Crippen molar-refractivity contribution in [3.05, 3.63) is 0 Å². The van der Waals surface area contributed by atoms with E-state index in [9.17, 15) is 5.11 Å². The van der Waals surface area contributed by atoms with Gasteiger partial charge in [0, 0.05) is 6.54 Å². The molecule has 4 atom stereocenters. The van der Waals surface area contributed by atoms with E-state index >= 15 is 0 Å². The average Bonchev–Trinajstić information content (AvgIpc) is 2.92. The smallest absolute Gasteiger partial charge is 0.0636 e. The first-order valence-corrected chi connectivity index (χ1v) is 7.89. The van der Waals surface area contributed by atoms with Gasteiger partial charge in [-0.3, -0.25) is 0 Å². The topological polar surface area (TPSA) is 32.7 Å². The lowest BCUT2D eigenvalue weighted by molar-refractivity contribution is -0.0222. The van der Waals surface area contributed by atoms with E-state index in [1.807, 2.05) is 13.8 Å². The van der Waals surface area contributed by atoms with Gasteiger partial charge < -0.3 is 14.7 Å². The fraction of sp³-hybridized carbons (Fsp3) is 1.00. The molecule has 1 N–H and O–H groups in total. The van der Waals surface area contributed by atoms with E-state index in [4.69, 9.17) is 4.74 Å². The van der Waals surface area contributed by atoms with Crippen molar-refractivity contribution in [3.63, 3.8) is 0 Å². The zero-order valence-corrected chi connectivity index (χ0v) is 13.3. The monoisotopic (exact) mass is 269 g/mol. The Kier molecular flexibility index (Phi) is 4.29. The van der Waals surface area contributed by atoms with Crippen LogP contribution in [0, 0.1) is 17.3 Å². The Morgan fingerprint density at radius 3 is 2.42 bits per heavy atom. The summed E-state index contributed by atoms with van der Waals surface area (Å²) in [6, 6.07) is 0. The van der Waals surface area contributed by atoms with Gasteiger partial charge in [-0.2, -0.15) is 0 Å². The van der Waals surface area contributed by atoms with Crippen molar-refractivity contribution in [1.82, 2.24) is 4.90 Å². The molecular weight excluding hydrogens is 238 g/mol. The molecule has 0 amide bonds. The summed E-state index contributed by atoms with van der Waals surface area (Å²) >= 11 is 0. The molecule has 0 aromatic carbocycles. The second-order valence-electron chi connectivity index (χ2n) is 7.20. The molecule has 19 heavy (non-hydrogen) atoms. The second kappa shape index (κ2) is 5.34. The van der Waals surface area contributed by atoms with Gasteiger partial charge in [-0.05, 0) is 57.0 Å². The van der Waals surface area contributed by atoms with Crippen LogP contribution in [0.15, 0.2) is 0 Å². The summed E-state index contributed by atoms with van der Waals surface area (Å²) in [5.74, 6) is 1.09. The fourth-order valence-corrected chi connectivity index (χ4v) is 3.95. The van der Waals surface area contributed by atoms with Crippen LogP contribution in [-0.2, 0) is 4.74 Å². The summed E-state index contributed by atoms with van der Waals surface area (Å²) in [4.78, 5) is 2.40. The lowest BCUT2D eigenvalue weighted by Gasteiger charge is -2.28. The second-order valence-corrected chi connectivity index (χ2v) is 7.20. The highest BCUT2D eigenvalue weighted by Crippen LogP contribution is 2.68. The summed E-state index contributed by atoms with van der Waals surface area (Å²) in [7, 11) is 0. The first-order valence-electron chi connectivity index (χ1n) is 7.89. The van der Waals surface area contributed by atoms with Crippen LogP contribution in [-0.4, -0.2) is 48.0 Å². The molecule has 2 saturated carbocycles. The largest absolute Gasteiger partial charge is 0.390 e. The molecule has 0 aliphatic heterocycles. The van der Waals surface area contributed by atoms with Gasteiger partial charge in [-0.25, -0.2) is 0 Å². The van der Waals surface area contributed by atoms with E-state index in [-0.39, 0.29) is 0 Å². The lowest BCUT2D eigenvalue weighted by atomic mass is 9.86. The molecule has 2 aliphatic rings. The third kappa shape index (κ3) is 2.98. The number of aliphatic hydroxyl groups is 1. The Morgan fingerprint density at radius 1 is 1.32 bits per heavy atom. The van der Waals surface area contributed by atoms with Crippen molar-refractivity contribution in [1.29, 1.82) is 0 Å². The molecule has 3 nitrogen and oxygen atoms in total. The minimum atomic E-state index is -0.556. The van der Waals surface area contributed by atoms with Crippen molar-refractivity contribution >= 4 is 0 Å².